The molecule has 0 atom stereocenters. The Kier molecular flexibility index (Phi) is 8.79. The molecule has 4 rings (SSSR count). The lowest BCUT2D eigenvalue weighted by molar-refractivity contribution is -0.137. The molecule has 0 spiro atoms. The van der Waals surface area contributed by atoms with E-state index in [9.17, 15) is 18.3 Å². The minimum atomic E-state index is -3.51. The number of aliphatic carboxylic acids is 1. The van der Waals surface area contributed by atoms with Crippen LogP contribution in [0.4, 0.5) is 0 Å². The number of para-hydroxylation sites is 2. The van der Waals surface area contributed by atoms with Crippen molar-refractivity contribution in [1.82, 2.24) is 13.9 Å². The fraction of sp³-hybridized carbons (Fsp3) is 0.259. The number of aromatic nitrogens is 2. The first-order valence-corrected chi connectivity index (χ1v) is 14.4. The van der Waals surface area contributed by atoms with Gasteiger partial charge in [0.1, 0.15) is 6.54 Å². The van der Waals surface area contributed by atoms with Gasteiger partial charge < -0.3 is 9.67 Å². The van der Waals surface area contributed by atoms with Crippen molar-refractivity contribution < 1.29 is 18.3 Å². The smallest absolute Gasteiger partial charge is 0.323 e. The molecule has 0 saturated heterocycles. The van der Waals surface area contributed by atoms with Crippen molar-refractivity contribution in [2.75, 3.05) is 18.8 Å². The van der Waals surface area contributed by atoms with Gasteiger partial charge in [0, 0.05) is 18.8 Å². The average Bonchev–Trinajstić information content (AvgIpc) is 3.21. The summed E-state index contributed by atoms with van der Waals surface area (Å²) < 4.78 is 29.9. The van der Waals surface area contributed by atoms with Crippen LogP contribution in [-0.2, 0) is 33.5 Å². The van der Waals surface area contributed by atoms with E-state index in [4.69, 9.17) is 0 Å². The van der Waals surface area contributed by atoms with Crippen molar-refractivity contribution in [3.8, 4) is 0 Å². The first kappa shape index (κ1) is 25.9. The monoisotopic (exact) mass is 523 g/mol. The van der Waals surface area contributed by atoms with Crippen molar-refractivity contribution in [2.45, 2.75) is 30.3 Å². The van der Waals surface area contributed by atoms with Crippen LogP contribution < -0.4 is 0 Å². The predicted octanol–water partition coefficient (Wildman–Crippen LogP) is 4.68. The summed E-state index contributed by atoms with van der Waals surface area (Å²) in [5.74, 6) is -0.352. The highest BCUT2D eigenvalue weighted by Gasteiger charge is 2.22. The van der Waals surface area contributed by atoms with Crippen molar-refractivity contribution in [1.29, 1.82) is 0 Å². The summed E-state index contributed by atoms with van der Waals surface area (Å²) in [6.07, 6.45) is 1.25. The van der Waals surface area contributed by atoms with Crippen LogP contribution in [0.2, 0.25) is 0 Å². The Morgan fingerprint density at radius 3 is 2.22 bits per heavy atom. The number of carboxylic acid groups (broad SMARTS) is 1. The number of sulfonamides is 1. The van der Waals surface area contributed by atoms with Gasteiger partial charge in [0.15, 0.2) is 5.16 Å². The molecule has 0 fully saturated rings. The van der Waals surface area contributed by atoms with E-state index in [0.717, 1.165) is 22.2 Å². The normalized spacial score (nSPS) is 11.8. The van der Waals surface area contributed by atoms with E-state index in [2.05, 4.69) is 4.98 Å². The third-order valence-electron chi connectivity index (χ3n) is 5.77. The largest absolute Gasteiger partial charge is 0.480 e. The second-order valence-corrected chi connectivity index (χ2v) is 11.5. The minimum absolute atomic E-state index is 0.0375. The van der Waals surface area contributed by atoms with E-state index in [1.807, 2.05) is 84.9 Å². The Hall–Kier alpha value is -3.14. The summed E-state index contributed by atoms with van der Waals surface area (Å²) in [6, 6.07) is 26.5. The Labute approximate surface area is 215 Å². The topological polar surface area (TPSA) is 92.5 Å². The number of hydrogen-bond acceptors (Lipinski definition) is 5. The number of thioether (sulfide) groups is 1. The number of hydrogen-bond donors (Lipinski definition) is 1. The standard InChI is InChI=1S/C27H29N3O4S2/c31-26(32)20-30-25-15-8-7-14-24(25)28-27(30)35-19-9-17-29(18-16-22-10-3-1-4-11-22)36(33,34)21-23-12-5-2-6-13-23/h1-8,10-15H,9,16-21H2,(H,31,32). The molecule has 1 aromatic heterocycles. The molecule has 0 aliphatic rings. The number of carboxylic acids is 1. The molecule has 9 heteroatoms. The lowest BCUT2D eigenvalue weighted by Crippen LogP contribution is -2.35. The molecule has 0 radical (unpaired) electrons. The summed E-state index contributed by atoms with van der Waals surface area (Å²) in [7, 11) is -3.51. The number of nitrogens with zero attached hydrogens (tertiary/aromatic N) is 3. The lowest BCUT2D eigenvalue weighted by Gasteiger charge is -2.22. The molecule has 0 aliphatic heterocycles. The van der Waals surface area contributed by atoms with Crippen LogP contribution in [0.5, 0.6) is 0 Å². The molecule has 0 bridgehead atoms. The zero-order valence-electron chi connectivity index (χ0n) is 19.9. The van der Waals surface area contributed by atoms with Gasteiger partial charge in [-0.3, -0.25) is 4.79 Å². The first-order chi connectivity index (χ1) is 17.4. The maximum atomic E-state index is 13.3. The summed E-state index contributed by atoms with van der Waals surface area (Å²) >= 11 is 1.45. The van der Waals surface area contributed by atoms with Gasteiger partial charge in [-0.05, 0) is 36.1 Å². The Morgan fingerprint density at radius 1 is 0.889 bits per heavy atom. The summed E-state index contributed by atoms with van der Waals surface area (Å²) in [4.78, 5) is 16.0. The highest BCUT2D eigenvalue weighted by molar-refractivity contribution is 7.99. The molecular weight excluding hydrogens is 494 g/mol. The van der Waals surface area contributed by atoms with Crippen molar-refractivity contribution >= 4 is 38.8 Å². The quantitative estimate of drug-likeness (QED) is 0.202. The summed E-state index contributed by atoms with van der Waals surface area (Å²) in [5, 5.41) is 9.97. The summed E-state index contributed by atoms with van der Waals surface area (Å²) in [6.45, 7) is 0.618. The van der Waals surface area contributed by atoms with Gasteiger partial charge in [0.05, 0.1) is 16.8 Å². The molecular formula is C27H29N3O4S2. The second-order valence-electron chi connectivity index (χ2n) is 8.44. The van der Waals surface area contributed by atoms with Gasteiger partial charge in [-0.15, -0.1) is 0 Å². The third-order valence-corrected chi connectivity index (χ3v) is 8.69. The molecule has 1 N–H and O–H groups in total. The zero-order chi connectivity index (χ0) is 25.4. The lowest BCUT2D eigenvalue weighted by atomic mass is 10.1. The van der Waals surface area contributed by atoms with Gasteiger partial charge in [-0.1, -0.05) is 84.6 Å². The van der Waals surface area contributed by atoms with E-state index in [0.29, 0.717) is 36.8 Å². The molecule has 0 unspecified atom stereocenters. The molecule has 0 aliphatic carbocycles. The van der Waals surface area contributed by atoms with Crippen molar-refractivity contribution in [3.05, 3.63) is 96.1 Å². The molecule has 0 amide bonds. The molecule has 7 nitrogen and oxygen atoms in total. The van der Waals surface area contributed by atoms with E-state index >= 15 is 0 Å². The van der Waals surface area contributed by atoms with Gasteiger partial charge in [0.2, 0.25) is 10.0 Å². The number of carbonyl (C=O) groups is 1. The molecule has 0 saturated carbocycles. The number of benzene rings is 3. The van der Waals surface area contributed by atoms with Gasteiger partial charge in [0.25, 0.3) is 0 Å². The van der Waals surface area contributed by atoms with Crippen LogP contribution in [0.1, 0.15) is 17.5 Å². The minimum Gasteiger partial charge on any atom is -0.480 e. The van der Waals surface area contributed by atoms with Crippen LogP contribution in [0.25, 0.3) is 11.0 Å². The Morgan fingerprint density at radius 2 is 1.53 bits per heavy atom. The van der Waals surface area contributed by atoms with E-state index in [-0.39, 0.29) is 12.3 Å². The Bertz CT molecular complexity index is 1390. The molecule has 3 aromatic carbocycles. The van der Waals surface area contributed by atoms with Crippen LogP contribution >= 0.6 is 11.8 Å². The third kappa shape index (κ3) is 6.96. The van der Waals surface area contributed by atoms with E-state index in [1.165, 1.54) is 11.8 Å². The maximum Gasteiger partial charge on any atom is 0.323 e. The number of rotatable bonds is 13. The SMILES string of the molecule is O=C(O)Cn1c(SCCCN(CCc2ccccc2)S(=O)(=O)Cc2ccccc2)nc2ccccc21. The zero-order valence-corrected chi connectivity index (χ0v) is 21.5. The molecule has 4 aromatic rings. The molecule has 36 heavy (non-hydrogen) atoms. The predicted molar refractivity (Wildman–Crippen MR) is 143 cm³/mol. The van der Waals surface area contributed by atoms with Gasteiger partial charge in [-0.2, -0.15) is 0 Å². The fourth-order valence-electron chi connectivity index (χ4n) is 4.02. The number of fused-ring (bicyclic) bond motifs is 1. The summed E-state index contributed by atoms with van der Waals surface area (Å²) in [5.41, 5.74) is 3.38. The van der Waals surface area contributed by atoms with Crippen LogP contribution in [0, 0.1) is 0 Å². The molecule has 188 valence electrons. The average molecular weight is 524 g/mol. The molecule has 1 heterocycles. The van der Waals surface area contributed by atoms with Crippen LogP contribution in [0.15, 0.2) is 90.1 Å². The van der Waals surface area contributed by atoms with Crippen LogP contribution in [-0.4, -0.2) is 52.2 Å². The van der Waals surface area contributed by atoms with Gasteiger partial charge >= 0.3 is 5.97 Å². The Balaban J connectivity index is 1.43. The van der Waals surface area contributed by atoms with E-state index < -0.39 is 16.0 Å². The highest BCUT2D eigenvalue weighted by Crippen LogP contribution is 2.25. The maximum absolute atomic E-state index is 13.3. The van der Waals surface area contributed by atoms with Crippen molar-refractivity contribution in [3.63, 3.8) is 0 Å². The fourth-order valence-corrected chi connectivity index (χ4v) is 6.53. The van der Waals surface area contributed by atoms with Gasteiger partial charge in [-0.25, -0.2) is 17.7 Å². The number of imidazole rings is 1. The highest BCUT2D eigenvalue weighted by atomic mass is 32.2. The second kappa shape index (κ2) is 12.2. The first-order valence-electron chi connectivity index (χ1n) is 11.8. The van der Waals surface area contributed by atoms with Crippen molar-refractivity contribution in [2.24, 2.45) is 0 Å². The van der Waals surface area contributed by atoms with E-state index in [1.54, 1.807) is 8.87 Å². The van der Waals surface area contributed by atoms with Crippen LogP contribution in [0.3, 0.4) is 0 Å².